The van der Waals surface area contributed by atoms with Gasteiger partial charge in [0.05, 0.1) is 12.0 Å². The van der Waals surface area contributed by atoms with Gasteiger partial charge in [-0.15, -0.1) is 0 Å². The number of nitrogens with zero attached hydrogens (tertiary/aromatic N) is 4. The molecule has 2 N–H and O–H groups in total. The number of carboxylic acids is 1. The highest BCUT2D eigenvalue weighted by molar-refractivity contribution is 6.35. The Morgan fingerprint density at radius 1 is 1.14 bits per heavy atom. The number of piperidine rings is 1. The molecule has 0 amide bonds. The minimum absolute atomic E-state index is 0.0276. The van der Waals surface area contributed by atoms with Crippen molar-refractivity contribution < 1.29 is 9.90 Å². The predicted octanol–water partition coefficient (Wildman–Crippen LogP) is 5.58. The van der Waals surface area contributed by atoms with Gasteiger partial charge in [-0.1, -0.05) is 29.3 Å². The van der Waals surface area contributed by atoms with Crippen LogP contribution in [-0.4, -0.2) is 58.2 Å². The van der Waals surface area contributed by atoms with Crippen molar-refractivity contribution >= 4 is 40.9 Å². The largest absolute Gasteiger partial charge is 0.481 e. The lowest BCUT2D eigenvalue weighted by Crippen LogP contribution is -2.57. The quantitative estimate of drug-likeness (QED) is 0.482. The van der Waals surface area contributed by atoms with Crippen molar-refractivity contribution in [2.24, 2.45) is 17.8 Å². The van der Waals surface area contributed by atoms with E-state index in [0.717, 1.165) is 67.6 Å². The molecular weight excluding hydrogens is 497 g/mol. The molecule has 1 aromatic carbocycles. The van der Waals surface area contributed by atoms with Gasteiger partial charge in [-0.3, -0.25) is 4.79 Å². The molecule has 3 aliphatic rings. The maximum Gasteiger partial charge on any atom is 0.306 e. The number of halogens is 2. The minimum atomic E-state index is -0.637. The Balaban J connectivity index is 1.20. The zero-order chi connectivity index (χ0) is 25.6. The number of carbonyl (C=O) groups is 1. The van der Waals surface area contributed by atoms with E-state index >= 15 is 0 Å². The van der Waals surface area contributed by atoms with Gasteiger partial charge in [-0.25, -0.2) is 4.98 Å². The summed E-state index contributed by atoms with van der Waals surface area (Å²) in [7, 11) is 0. The molecule has 36 heavy (non-hydrogen) atoms. The highest BCUT2D eigenvalue weighted by Gasteiger charge is 2.42. The van der Waals surface area contributed by atoms with Crippen LogP contribution in [0.25, 0.3) is 0 Å². The Kier molecular flexibility index (Phi) is 7.34. The number of aryl methyl sites for hydroxylation is 1. The summed E-state index contributed by atoms with van der Waals surface area (Å²) in [6, 6.07) is 6.00. The van der Waals surface area contributed by atoms with Gasteiger partial charge < -0.3 is 20.2 Å². The Bertz CT molecular complexity index is 1130. The summed E-state index contributed by atoms with van der Waals surface area (Å²) in [5.74, 6) is 2.13. The van der Waals surface area contributed by atoms with Gasteiger partial charge in [0.15, 0.2) is 0 Å². The van der Waals surface area contributed by atoms with Crippen LogP contribution in [0.1, 0.15) is 55.5 Å². The van der Waals surface area contributed by atoms with Gasteiger partial charge in [0.25, 0.3) is 0 Å². The van der Waals surface area contributed by atoms with E-state index in [1.54, 1.807) is 6.07 Å². The molecule has 0 spiro atoms. The summed E-state index contributed by atoms with van der Waals surface area (Å²) in [4.78, 5) is 25.7. The van der Waals surface area contributed by atoms with Crippen molar-refractivity contribution in [3.8, 4) is 0 Å². The Morgan fingerprint density at radius 3 is 2.58 bits per heavy atom. The number of carboxylic acid groups (broad SMARTS) is 1. The van der Waals surface area contributed by atoms with Crippen LogP contribution in [0.2, 0.25) is 10.0 Å². The normalized spacial score (nSPS) is 25.7. The molecule has 0 radical (unpaired) electrons. The van der Waals surface area contributed by atoms with Crippen molar-refractivity contribution in [2.45, 2.75) is 58.5 Å². The highest BCUT2D eigenvalue weighted by Crippen LogP contribution is 2.38. The number of hydrogen-bond acceptors (Lipinski definition) is 6. The number of nitrogens with one attached hydrogen (secondary N) is 1. The molecule has 2 saturated heterocycles. The van der Waals surface area contributed by atoms with E-state index in [4.69, 9.17) is 33.2 Å². The van der Waals surface area contributed by atoms with Gasteiger partial charge in [0.2, 0.25) is 5.95 Å². The molecule has 0 bridgehead atoms. The van der Waals surface area contributed by atoms with Crippen LogP contribution in [0.15, 0.2) is 18.2 Å². The van der Waals surface area contributed by atoms with Crippen LogP contribution in [0.4, 0.5) is 11.8 Å². The monoisotopic (exact) mass is 531 g/mol. The Labute approximate surface area is 223 Å². The average Bonchev–Trinajstić information content (AvgIpc) is 2.75. The Morgan fingerprint density at radius 2 is 1.89 bits per heavy atom. The second-order valence-corrected chi connectivity index (χ2v) is 11.7. The SMILES string of the molecule is Cc1nc(N2CC(C3CCCN(C4CC(C(=O)O)C4)C3)C2)nc(N[C@H](C)c2ccc(Cl)cc2Cl)c1C. The fourth-order valence-electron chi connectivity index (χ4n) is 5.85. The number of aliphatic carboxylic acids is 1. The second kappa shape index (κ2) is 10.3. The smallest absolute Gasteiger partial charge is 0.306 e. The van der Waals surface area contributed by atoms with Crippen molar-refractivity contribution in [1.29, 1.82) is 0 Å². The lowest BCUT2D eigenvalue weighted by atomic mass is 9.76. The average molecular weight is 533 g/mol. The fourth-order valence-corrected chi connectivity index (χ4v) is 6.42. The third-order valence-corrected chi connectivity index (χ3v) is 9.05. The van der Waals surface area contributed by atoms with E-state index in [1.165, 1.54) is 12.8 Å². The van der Waals surface area contributed by atoms with Crippen LogP contribution in [-0.2, 0) is 4.79 Å². The van der Waals surface area contributed by atoms with Gasteiger partial charge in [-0.2, -0.15) is 4.98 Å². The minimum Gasteiger partial charge on any atom is -0.481 e. The van der Waals surface area contributed by atoms with Gasteiger partial charge in [0, 0.05) is 47.0 Å². The van der Waals surface area contributed by atoms with Crippen molar-refractivity contribution in [3.05, 3.63) is 45.1 Å². The molecule has 1 aliphatic carbocycles. The fraction of sp³-hybridized carbons (Fsp3) is 0.593. The standard InChI is InChI=1S/C27H35Cl2N5O2/c1-15-16(2)31-27(32-25(15)30-17(3)23-7-6-21(28)11-24(23)29)34-13-20(14-34)18-5-4-8-33(12-18)22-9-19(10-22)26(35)36/h6-7,11,17-20,22H,4-5,8-10,12-14H2,1-3H3,(H,35,36)(H,30,31,32)/t17-,18?,19?,22?/m1/s1. The summed E-state index contributed by atoms with van der Waals surface area (Å²) in [6.07, 6.45) is 4.08. The maximum atomic E-state index is 11.2. The number of likely N-dealkylation sites (tertiary alicyclic amines) is 1. The topological polar surface area (TPSA) is 81.6 Å². The molecular formula is C27H35Cl2N5O2. The first-order valence-corrected chi connectivity index (χ1v) is 13.7. The molecule has 3 heterocycles. The molecule has 7 nitrogen and oxygen atoms in total. The zero-order valence-electron chi connectivity index (χ0n) is 21.2. The number of benzene rings is 1. The predicted molar refractivity (Wildman–Crippen MR) is 144 cm³/mol. The molecule has 9 heteroatoms. The van der Waals surface area contributed by atoms with Crippen LogP contribution >= 0.6 is 23.2 Å². The second-order valence-electron chi connectivity index (χ2n) is 10.8. The highest BCUT2D eigenvalue weighted by atomic mass is 35.5. The Hall–Kier alpha value is -2.09. The maximum absolute atomic E-state index is 11.2. The molecule has 1 unspecified atom stereocenters. The van der Waals surface area contributed by atoms with E-state index in [9.17, 15) is 9.90 Å². The number of hydrogen-bond donors (Lipinski definition) is 2. The number of anilines is 2. The van der Waals surface area contributed by atoms with Gasteiger partial charge in [0.1, 0.15) is 5.82 Å². The molecule has 1 aromatic heterocycles. The third kappa shape index (κ3) is 5.15. The third-order valence-electron chi connectivity index (χ3n) is 8.49. The van der Waals surface area contributed by atoms with E-state index in [0.29, 0.717) is 27.9 Å². The molecule has 2 aliphatic heterocycles. The first kappa shape index (κ1) is 25.6. The molecule has 194 valence electrons. The van der Waals surface area contributed by atoms with Gasteiger partial charge in [-0.05, 0) is 82.5 Å². The van der Waals surface area contributed by atoms with E-state index < -0.39 is 5.97 Å². The lowest BCUT2D eigenvalue weighted by Gasteiger charge is -2.50. The van der Waals surface area contributed by atoms with Crippen LogP contribution in [0.3, 0.4) is 0 Å². The summed E-state index contributed by atoms with van der Waals surface area (Å²) in [5, 5.41) is 14.0. The van der Waals surface area contributed by atoms with Crippen LogP contribution < -0.4 is 10.2 Å². The molecule has 2 atom stereocenters. The summed E-state index contributed by atoms with van der Waals surface area (Å²) < 4.78 is 0. The van der Waals surface area contributed by atoms with E-state index in [2.05, 4.69) is 22.0 Å². The number of rotatable bonds is 7. The zero-order valence-corrected chi connectivity index (χ0v) is 22.7. The molecule has 3 fully saturated rings. The first-order chi connectivity index (χ1) is 17.2. The number of aromatic nitrogens is 2. The molecule has 1 saturated carbocycles. The van der Waals surface area contributed by atoms with Crippen molar-refractivity contribution in [1.82, 2.24) is 14.9 Å². The van der Waals surface area contributed by atoms with Crippen molar-refractivity contribution in [2.75, 3.05) is 36.4 Å². The van der Waals surface area contributed by atoms with Crippen LogP contribution in [0, 0.1) is 31.6 Å². The first-order valence-electron chi connectivity index (χ1n) is 13.0. The van der Waals surface area contributed by atoms with E-state index in [-0.39, 0.29) is 12.0 Å². The van der Waals surface area contributed by atoms with Gasteiger partial charge >= 0.3 is 5.97 Å². The summed E-state index contributed by atoms with van der Waals surface area (Å²) in [5.41, 5.74) is 2.99. The summed E-state index contributed by atoms with van der Waals surface area (Å²) in [6.45, 7) is 10.3. The lowest BCUT2D eigenvalue weighted by molar-refractivity contribution is -0.147. The van der Waals surface area contributed by atoms with Crippen LogP contribution in [0.5, 0.6) is 0 Å². The summed E-state index contributed by atoms with van der Waals surface area (Å²) >= 11 is 12.5. The van der Waals surface area contributed by atoms with E-state index in [1.807, 2.05) is 26.0 Å². The molecule has 2 aromatic rings. The molecule has 5 rings (SSSR count). The van der Waals surface area contributed by atoms with Crippen molar-refractivity contribution in [3.63, 3.8) is 0 Å².